The summed E-state index contributed by atoms with van der Waals surface area (Å²) in [4.78, 5) is 11.7. The third-order valence-corrected chi connectivity index (χ3v) is 4.00. The molecule has 5 nitrogen and oxygen atoms in total. The molecule has 0 fully saturated rings. The molecule has 1 aromatic carbocycles. The van der Waals surface area contributed by atoms with Crippen molar-refractivity contribution in [1.29, 1.82) is 0 Å². The second kappa shape index (κ2) is 6.56. The minimum absolute atomic E-state index is 0.0155. The number of thioether (sulfide) groups is 1. The average molecular weight is 290 g/mol. The smallest absolute Gasteiger partial charge is 0.233 e. The zero-order chi connectivity index (χ0) is 14.5. The number of hydrogen-bond donors (Lipinski definition) is 1. The van der Waals surface area contributed by atoms with E-state index in [1.165, 1.54) is 11.8 Å². The van der Waals surface area contributed by atoms with Crippen molar-refractivity contribution >= 4 is 17.7 Å². The molecule has 1 N–H and O–H groups in total. The summed E-state index contributed by atoms with van der Waals surface area (Å²) < 4.78 is 1.91. The van der Waals surface area contributed by atoms with Gasteiger partial charge in [-0.2, -0.15) is 0 Å². The van der Waals surface area contributed by atoms with Crippen molar-refractivity contribution in [3.8, 4) is 11.4 Å². The normalized spacial score (nSPS) is 12.2. The molecule has 6 heteroatoms. The van der Waals surface area contributed by atoms with E-state index >= 15 is 0 Å². The van der Waals surface area contributed by atoms with E-state index in [0.29, 0.717) is 6.54 Å². The van der Waals surface area contributed by atoms with E-state index in [9.17, 15) is 4.79 Å². The molecule has 0 bridgehead atoms. The van der Waals surface area contributed by atoms with Gasteiger partial charge in [0.05, 0.1) is 5.25 Å². The number of benzene rings is 1. The Morgan fingerprint density at radius 2 is 2.05 bits per heavy atom. The summed E-state index contributed by atoms with van der Waals surface area (Å²) in [5.74, 6) is 0.818. The Morgan fingerprint density at radius 3 is 2.70 bits per heavy atom. The van der Waals surface area contributed by atoms with Gasteiger partial charge in [-0.1, -0.05) is 42.1 Å². The fourth-order valence-electron chi connectivity index (χ4n) is 1.79. The second-order valence-electron chi connectivity index (χ2n) is 4.39. The Hall–Kier alpha value is -1.82. The zero-order valence-electron chi connectivity index (χ0n) is 11.8. The minimum Gasteiger partial charge on any atom is -0.355 e. The van der Waals surface area contributed by atoms with Crippen LogP contribution in [-0.4, -0.2) is 32.5 Å². The van der Waals surface area contributed by atoms with Gasteiger partial charge in [-0.05, 0) is 13.8 Å². The van der Waals surface area contributed by atoms with E-state index < -0.39 is 0 Å². The number of rotatable bonds is 5. The maximum Gasteiger partial charge on any atom is 0.233 e. The topological polar surface area (TPSA) is 59.8 Å². The fraction of sp³-hybridized carbons (Fsp3) is 0.357. The monoisotopic (exact) mass is 290 g/mol. The van der Waals surface area contributed by atoms with Gasteiger partial charge in [0.1, 0.15) is 0 Å². The summed E-state index contributed by atoms with van der Waals surface area (Å²) >= 11 is 1.41. The molecule has 2 aromatic rings. The molecule has 0 aliphatic carbocycles. The molecule has 2 rings (SSSR count). The molecular weight excluding hydrogens is 272 g/mol. The molecule has 0 aliphatic rings. The van der Waals surface area contributed by atoms with Crippen molar-refractivity contribution in [3.05, 3.63) is 30.3 Å². The summed E-state index contributed by atoms with van der Waals surface area (Å²) in [7, 11) is 1.91. The van der Waals surface area contributed by atoms with E-state index in [2.05, 4.69) is 15.5 Å². The van der Waals surface area contributed by atoms with Crippen LogP contribution in [0.4, 0.5) is 0 Å². The molecule has 1 heterocycles. The Morgan fingerprint density at radius 1 is 1.35 bits per heavy atom. The second-order valence-corrected chi connectivity index (χ2v) is 5.69. The summed E-state index contributed by atoms with van der Waals surface area (Å²) in [6.45, 7) is 4.41. The molecule has 0 radical (unpaired) electrons. The average Bonchev–Trinajstić information content (AvgIpc) is 2.81. The van der Waals surface area contributed by atoms with Gasteiger partial charge in [0, 0.05) is 19.2 Å². The molecule has 20 heavy (non-hydrogen) atoms. The molecule has 0 saturated heterocycles. The lowest BCUT2D eigenvalue weighted by molar-refractivity contribution is -0.120. The summed E-state index contributed by atoms with van der Waals surface area (Å²) in [5, 5.41) is 11.7. The van der Waals surface area contributed by atoms with Crippen molar-refractivity contribution in [1.82, 2.24) is 20.1 Å². The first-order chi connectivity index (χ1) is 9.63. The Balaban J connectivity index is 2.16. The first-order valence-corrected chi connectivity index (χ1v) is 7.40. The third kappa shape index (κ3) is 3.19. The lowest BCUT2D eigenvalue weighted by atomic mass is 10.2. The van der Waals surface area contributed by atoms with E-state index in [0.717, 1.165) is 16.5 Å². The number of nitrogens with zero attached hydrogens (tertiary/aromatic N) is 3. The van der Waals surface area contributed by atoms with Crippen LogP contribution in [0.2, 0.25) is 0 Å². The Kier molecular flexibility index (Phi) is 4.79. The lowest BCUT2D eigenvalue weighted by Crippen LogP contribution is -2.30. The largest absolute Gasteiger partial charge is 0.355 e. The van der Waals surface area contributed by atoms with Gasteiger partial charge in [0.25, 0.3) is 0 Å². The minimum atomic E-state index is -0.193. The number of amides is 1. The summed E-state index contributed by atoms with van der Waals surface area (Å²) in [5.41, 5.74) is 1.01. The highest BCUT2D eigenvalue weighted by Gasteiger charge is 2.18. The van der Waals surface area contributed by atoms with Crippen LogP contribution in [0.5, 0.6) is 0 Å². The van der Waals surface area contributed by atoms with Crippen molar-refractivity contribution in [3.63, 3.8) is 0 Å². The van der Waals surface area contributed by atoms with Crippen LogP contribution in [0.25, 0.3) is 11.4 Å². The molecule has 0 saturated carbocycles. The van der Waals surface area contributed by atoms with Crippen LogP contribution >= 0.6 is 11.8 Å². The van der Waals surface area contributed by atoms with Gasteiger partial charge >= 0.3 is 0 Å². The zero-order valence-corrected chi connectivity index (χ0v) is 12.6. The third-order valence-electron chi connectivity index (χ3n) is 2.87. The summed E-state index contributed by atoms with van der Waals surface area (Å²) in [6.07, 6.45) is 0. The van der Waals surface area contributed by atoms with Crippen LogP contribution < -0.4 is 5.32 Å². The van der Waals surface area contributed by atoms with Gasteiger partial charge < -0.3 is 9.88 Å². The van der Waals surface area contributed by atoms with Gasteiger partial charge in [-0.3, -0.25) is 4.79 Å². The van der Waals surface area contributed by atoms with Gasteiger partial charge in [0.2, 0.25) is 5.91 Å². The van der Waals surface area contributed by atoms with Crippen LogP contribution in [0.15, 0.2) is 35.5 Å². The van der Waals surface area contributed by atoms with Gasteiger partial charge in [-0.25, -0.2) is 0 Å². The highest BCUT2D eigenvalue weighted by atomic mass is 32.2. The predicted molar refractivity (Wildman–Crippen MR) is 80.4 cm³/mol. The number of carbonyl (C=O) groups is 1. The van der Waals surface area contributed by atoms with Crippen LogP contribution in [-0.2, 0) is 11.8 Å². The van der Waals surface area contributed by atoms with Crippen molar-refractivity contribution in [2.45, 2.75) is 24.3 Å². The van der Waals surface area contributed by atoms with E-state index in [-0.39, 0.29) is 11.2 Å². The van der Waals surface area contributed by atoms with E-state index in [4.69, 9.17) is 0 Å². The Bertz CT molecular complexity index is 582. The van der Waals surface area contributed by atoms with Crippen molar-refractivity contribution < 1.29 is 4.79 Å². The van der Waals surface area contributed by atoms with Crippen LogP contribution in [0, 0.1) is 0 Å². The number of carbonyl (C=O) groups excluding carboxylic acids is 1. The highest BCUT2D eigenvalue weighted by Crippen LogP contribution is 2.25. The molecule has 0 unspecified atom stereocenters. The van der Waals surface area contributed by atoms with E-state index in [1.54, 1.807) is 0 Å². The fourth-order valence-corrected chi connectivity index (χ4v) is 2.62. The first kappa shape index (κ1) is 14.6. The number of aromatic nitrogens is 3. The molecular formula is C14H18N4OS. The maximum absolute atomic E-state index is 11.7. The van der Waals surface area contributed by atoms with E-state index in [1.807, 2.05) is 55.8 Å². The highest BCUT2D eigenvalue weighted by molar-refractivity contribution is 8.00. The molecule has 106 valence electrons. The molecule has 0 aliphatic heterocycles. The maximum atomic E-state index is 11.7. The van der Waals surface area contributed by atoms with Gasteiger partial charge in [-0.15, -0.1) is 10.2 Å². The SMILES string of the molecule is CCNC(=O)[C@@H](C)Sc1nnc(-c2ccccc2)n1C. The van der Waals surface area contributed by atoms with Crippen molar-refractivity contribution in [2.24, 2.45) is 7.05 Å². The predicted octanol–water partition coefficient (Wildman–Crippen LogP) is 2.10. The lowest BCUT2D eigenvalue weighted by Gasteiger charge is -2.10. The van der Waals surface area contributed by atoms with Crippen LogP contribution in [0.1, 0.15) is 13.8 Å². The standard InChI is InChI=1S/C14H18N4OS/c1-4-15-13(19)10(2)20-14-17-16-12(18(14)3)11-8-6-5-7-9-11/h5-10H,4H2,1-3H3,(H,15,19)/t10-/m1/s1. The quantitative estimate of drug-likeness (QED) is 0.857. The number of hydrogen-bond acceptors (Lipinski definition) is 4. The molecule has 1 amide bonds. The Labute approximate surface area is 122 Å². The number of nitrogens with one attached hydrogen (secondary N) is 1. The van der Waals surface area contributed by atoms with Crippen molar-refractivity contribution in [2.75, 3.05) is 6.54 Å². The molecule has 1 aromatic heterocycles. The summed E-state index contributed by atoms with van der Waals surface area (Å²) in [6, 6.07) is 9.88. The van der Waals surface area contributed by atoms with Gasteiger partial charge in [0.15, 0.2) is 11.0 Å². The molecule has 0 spiro atoms. The molecule has 1 atom stereocenters. The first-order valence-electron chi connectivity index (χ1n) is 6.52. The van der Waals surface area contributed by atoms with Crippen LogP contribution in [0.3, 0.4) is 0 Å².